The number of halogens is 1. The topological polar surface area (TPSA) is 43.8 Å². The van der Waals surface area contributed by atoms with Gasteiger partial charge in [0, 0.05) is 12.5 Å². The maximum absolute atomic E-state index is 6.38. The molecule has 1 aliphatic rings. The molecule has 20 heavy (non-hydrogen) atoms. The van der Waals surface area contributed by atoms with Crippen LogP contribution < -0.4 is 5.73 Å². The van der Waals surface area contributed by atoms with E-state index in [1.165, 1.54) is 18.7 Å². The molecule has 1 saturated carbocycles. The van der Waals surface area contributed by atoms with Crippen molar-refractivity contribution in [3.8, 4) is 0 Å². The van der Waals surface area contributed by atoms with Gasteiger partial charge in [-0.1, -0.05) is 24.6 Å². The first-order valence-electron chi connectivity index (χ1n) is 7.56. The van der Waals surface area contributed by atoms with E-state index >= 15 is 0 Å². The smallest absolute Gasteiger partial charge is 0.110 e. The number of para-hydroxylation sites is 1. The number of nitrogens with zero attached hydrogens (tertiary/aromatic N) is 2. The van der Waals surface area contributed by atoms with Crippen molar-refractivity contribution in [1.29, 1.82) is 0 Å². The summed E-state index contributed by atoms with van der Waals surface area (Å²) < 4.78 is 2.38. The Morgan fingerprint density at radius 1 is 1.40 bits per heavy atom. The van der Waals surface area contributed by atoms with Gasteiger partial charge in [0.15, 0.2) is 0 Å². The van der Waals surface area contributed by atoms with E-state index < -0.39 is 0 Å². The third kappa shape index (κ3) is 2.70. The van der Waals surface area contributed by atoms with Gasteiger partial charge in [-0.05, 0) is 50.3 Å². The lowest BCUT2D eigenvalue weighted by Crippen LogP contribution is -2.09. The lowest BCUT2D eigenvalue weighted by atomic mass is 10.0. The molecular weight excluding hydrogens is 270 g/mol. The SMILES string of the molecule is CC(CCN)CCc1nc2cccc(Cl)c2n1C1CC1. The van der Waals surface area contributed by atoms with Gasteiger partial charge in [0.2, 0.25) is 0 Å². The predicted octanol–water partition coefficient (Wildman–Crippen LogP) is 3.94. The van der Waals surface area contributed by atoms with Crippen LogP contribution in [0.3, 0.4) is 0 Å². The minimum absolute atomic E-state index is 0.611. The van der Waals surface area contributed by atoms with Gasteiger partial charge >= 0.3 is 0 Å². The quantitative estimate of drug-likeness (QED) is 0.876. The summed E-state index contributed by atoms with van der Waals surface area (Å²) in [5, 5.41) is 0.822. The molecule has 1 aliphatic carbocycles. The molecule has 1 aromatic heterocycles. The van der Waals surface area contributed by atoms with Gasteiger partial charge < -0.3 is 10.3 Å². The Balaban J connectivity index is 1.90. The van der Waals surface area contributed by atoms with Crippen molar-refractivity contribution >= 4 is 22.6 Å². The number of fused-ring (bicyclic) bond motifs is 1. The van der Waals surface area contributed by atoms with Gasteiger partial charge in [-0.3, -0.25) is 0 Å². The van der Waals surface area contributed by atoms with Crippen molar-refractivity contribution in [2.75, 3.05) is 6.54 Å². The number of benzene rings is 1. The lowest BCUT2D eigenvalue weighted by molar-refractivity contribution is 0.487. The van der Waals surface area contributed by atoms with Crippen LogP contribution in [0.1, 0.15) is 44.5 Å². The van der Waals surface area contributed by atoms with Crippen LogP contribution in [0.25, 0.3) is 11.0 Å². The zero-order valence-corrected chi connectivity index (χ0v) is 12.7. The fraction of sp³-hybridized carbons (Fsp3) is 0.562. The first-order valence-corrected chi connectivity index (χ1v) is 7.94. The molecule has 4 heteroatoms. The molecule has 0 spiro atoms. The molecular formula is C16H22ClN3. The second-order valence-corrected chi connectivity index (χ2v) is 6.37. The summed E-state index contributed by atoms with van der Waals surface area (Å²) in [5.74, 6) is 1.85. The van der Waals surface area contributed by atoms with Crippen LogP contribution in [0, 0.1) is 5.92 Å². The average molecular weight is 292 g/mol. The Bertz CT molecular complexity index is 601. The zero-order valence-electron chi connectivity index (χ0n) is 12.0. The van der Waals surface area contributed by atoms with E-state index in [1.807, 2.05) is 12.1 Å². The fourth-order valence-corrected chi connectivity index (χ4v) is 3.12. The normalized spacial score (nSPS) is 16.8. The van der Waals surface area contributed by atoms with Crippen molar-refractivity contribution in [1.82, 2.24) is 9.55 Å². The zero-order chi connectivity index (χ0) is 14.1. The molecule has 2 N–H and O–H groups in total. The summed E-state index contributed by atoms with van der Waals surface area (Å²) in [4.78, 5) is 4.81. The number of hydrogen-bond donors (Lipinski definition) is 1. The van der Waals surface area contributed by atoms with Crippen LogP contribution in [0.4, 0.5) is 0 Å². The van der Waals surface area contributed by atoms with Gasteiger partial charge in [0.25, 0.3) is 0 Å². The molecule has 0 bridgehead atoms. The van der Waals surface area contributed by atoms with E-state index in [2.05, 4.69) is 17.6 Å². The van der Waals surface area contributed by atoms with Crippen molar-refractivity contribution in [3.63, 3.8) is 0 Å². The van der Waals surface area contributed by atoms with E-state index in [0.717, 1.165) is 41.9 Å². The molecule has 1 fully saturated rings. The van der Waals surface area contributed by atoms with Crippen molar-refractivity contribution in [2.24, 2.45) is 11.7 Å². The molecule has 2 aromatic rings. The molecule has 0 aliphatic heterocycles. The Morgan fingerprint density at radius 3 is 2.90 bits per heavy atom. The van der Waals surface area contributed by atoms with Gasteiger partial charge in [0.05, 0.1) is 16.1 Å². The maximum atomic E-state index is 6.38. The fourth-order valence-electron chi connectivity index (χ4n) is 2.86. The van der Waals surface area contributed by atoms with Crippen molar-refractivity contribution < 1.29 is 0 Å². The second-order valence-electron chi connectivity index (χ2n) is 5.96. The van der Waals surface area contributed by atoms with Crippen LogP contribution >= 0.6 is 11.6 Å². The first-order chi connectivity index (χ1) is 9.70. The van der Waals surface area contributed by atoms with Crippen molar-refractivity contribution in [3.05, 3.63) is 29.0 Å². The summed E-state index contributed by atoms with van der Waals surface area (Å²) >= 11 is 6.38. The number of hydrogen-bond acceptors (Lipinski definition) is 2. The Hall–Kier alpha value is -1.06. The van der Waals surface area contributed by atoms with Crippen LogP contribution in [0.2, 0.25) is 5.02 Å². The number of rotatable bonds is 6. The summed E-state index contributed by atoms with van der Waals surface area (Å²) in [7, 11) is 0. The van der Waals surface area contributed by atoms with E-state index in [0.29, 0.717) is 12.0 Å². The predicted molar refractivity (Wildman–Crippen MR) is 84.2 cm³/mol. The van der Waals surface area contributed by atoms with Crippen LogP contribution in [0.15, 0.2) is 18.2 Å². The highest BCUT2D eigenvalue weighted by Crippen LogP contribution is 2.40. The van der Waals surface area contributed by atoms with Gasteiger partial charge in [-0.2, -0.15) is 0 Å². The first kappa shape index (κ1) is 13.9. The third-order valence-electron chi connectivity index (χ3n) is 4.17. The Kier molecular flexibility index (Phi) is 3.99. The molecule has 1 unspecified atom stereocenters. The molecule has 3 nitrogen and oxygen atoms in total. The number of aryl methyl sites for hydroxylation is 1. The molecule has 1 atom stereocenters. The van der Waals surface area contributed by atoms with E-state index in [9.17, 15) is 0 Å². The summed E-state index contributed by atoms with van der Waals surface area (Å²) in [5.41, 5.74) is 7.79. The minimum atomic E-state index is 0.611. The van der Waals surface area contributed by atoms with Gasteiger partial charge in [0.1, 0.15) is 5.82 Å². The number of imidazole rings is 1. The Morgan fingerprint density at radius 2 is 2.20 bits per heavy atom. The maximum Gasteiger partial charge on any atom is 0.110 e. The molecule has 1 heterocycles. The molecule has 3 rings (SSSR count). The Labute approximate surface area is 125 Å². The lowest BCUT2D eigenvalue weighted by Gasteiger charge is -2.11. The molecule has 1 aromatic carbocycles. The molecule has 0 saturated heterocycles. The molecule has 0 amide bonds. The molecule has 108 valence electrons. The highest BCUT2D eigenvalue weighted by Gasteiger charge is 2.28. The minimum Gasteiger partial charge on any atom is -0.330 e. The van der Waals surface area contributed by atoms with Crippen LogP contribution in [0.5, 0.6) is 0 Å². The largest absolute Gasteiger partial charge is 0.330 e. The van der Waals surface area contributed by atoms with E-state index in [4.69, 9.17) is 22.3 Å². The standard InChI is InChI=1S/C16H22ClN3/c1-11(9-10-18)5-8-15-19-14-4-2-3-13(17)16(14)20(15)12-6-7-12/h2-4,11-12H,5-10,18H2,1H3. The van der Waals surface area contributed by atoms with Gasteiger partial charge in [-0.25, -0.2) is 4.98 Å². The molecule has 0 radical (unpaired) electrons. The average Bonchev–Trinajstić information content (AvgIpc) is 3.18. The summed E-state index contributed by atoms with van der Waals surface area (Å²) in [6.07, 6.45) is 5.75. The third-order valence-corrected chi connectivity index (χ3v) is 4.47. The van der Waals surface area contributed by atoms with Crippen LogP contribution in [-0.4, -0.2) is 16.1 Å². The highest BCUT2D eigenvalue weighted by molar-refractivity contribution is 6.35. The number of nitrogens with two attached hydrogens (primary N) is 1. The van der Waals surface area contributed by atoms with Crippen LogP contribution in [-0.2, 0) is 6.42 Å². The second kappa shape index (κ2) is 5.74. The summed E-state index contributed by atoms with van der Waals surface area (Å²) in [6, 6.07) is 6.62. The monoisotopic (exact) mass is 291 g/mol. The number of aromatic nitrogens is 2. The van der Waals surface area contributed by atoms with Gasteiger partial charge in [-0.15, -0.1) is 0 Å². The van der Waals surface area contributed by atoms with E-state index in [1.54, 1.807) is 0 Å². The highest BCUT2D eigenvalue weighted by atomic mass is 35.5. The summed E-state index contributed by atoms with van der Waals surface area (Å²) in [6.45, 7) is 3.04. The van der Waals surface area contributed by atoms with E-state index in [-0.39, 0.29) is 0 Å². The van der Waals surface area contributed by atoms with Crippen molar-refractivity contribution in [2.45, 2.75) is 45.1 Å².